The summed E-state index contributed by atoms with van der Waals surface area (Å²) in [6, 6.07) is 3.08. The van der Waals surface area contributed by atoms with Crippen LogP contribution < -0.4 is 5.73 Å². The van der Waals surface area contributed by atoms with Crippen LogP contribution in [0.1, 0.15) is 24.4 Å². The highest BCUT2D eigenvalue weighted by molar-refractivity contribution is 5.25. The van der Waals surface area contributed by atoms with Crippen LogP contribution in [0.4, 0.5) is 5.82 Å². The van der Waals surface area contributed by atoms with E-state index in [1.807, 2.05) is 0 Å². The SMILES string of the molecule is N[C@H](c1ccc([N+](=O)[O-])nc1)C1CC1. The molecule has 1 fully saturated rings. The fourth-order valence-electron chi connectivity index (χ4n) is 1.43. The molecule has 1 aromatic heterocycles. The molecule has 14 heavy (non-hydrogen) atoms. The molecule has 74 valence electrons. The van der Waals surface area contributed by atoms with E-state index in [4.69, 9.17) is 5.73 Å². The van der Waals surface area contributed by atoms with Crippen LogP contribution in [0.25, 0.3) is 0 Å². The number of aromatic nitrogens is 1. The standard InChI is InChI=1S/C9H11N3O2/c10-9(6-1-2-6)7-3-4-8(11-5-7)12(13)14/h3-6,9H,1-2,10H2/t9-/m0/s1. The van der Waals surface area contributed by atoms with Crippen molar-refractivity contribution in [3.8, 4) is 0 Å². The van der Waals surface area contributed by atoms with E-state index in [0.717, 1.165) is 18.4 Å². The summed E-state index contributed by atoms with van der Waals surface area (Å²) in [6.45, 7) is 0. The molecule has 0 aliphatic heterocycles. The van der Waals surface area contributed by atoms with Gasteiger partial charge in [-0.05, 0) is 34.7 Å². The Balaban J connectivity index is 2.16. The van der Waals surface area contributed by atoms with Crippen molar-refractivity contribution in [2.24, 2.45) is 11.7 Å². The summed E-state index contributed by atoms with van der Waals surface area (Å²) in [6.07, 6.45) is 3.80. The van der Waals surface area contributed by atoms with Crippen LogP contribution in [0.2, 0.25) is 0 Å². The third-order valence-corrected chi connectivity index (χ3v) is 2.47. The van der Waals surface area contributed by atoms with E-state index in [9.17, 15) is 10.1 Å². The van der Waals surface area contributed by atoms with Gasteiger partial charge in [-0.15, -0.1) is 0 Å². The zero-order valence-electron chi connectivity index (χ0n) is 7.59. The van der Waals surface area contributed by atoms with Gasteiger partial charge in [0.15, 0.2) is 0 Å². The summed E-state index contributed by atoms with van der Waals surface area (Å²) in [5.74, 6) is 0.412. The minimum atomic E-state index is -0.508. The first kappa shape index (κ1) is 9.08. The molecule has 2 N–H and O–H groups in total. The van der Waals surface area contributed by atoms with Gasteiger partial charge in [-0.1, -0.05) is 0 Å². The maximum Gasteiger partial charge on any atom is 0.363 e. The molecule has 0 amide bonds. The minimum absolute atomic E-state index is 0.0108. The lowest BCUT2D eigenvalue weighted by Crippen LogP contribution is -2.12. The van der Waals surface area contributed by atoms with Crippen LogP contribution in [0.3, 0.4) is 0 Å². The predicted molar refractivity (Wildman–Crippen MR) is 50.5 cm³/mol. The number of nitrogens with zero attached hydrogens (tertiary/aromatic N) is 2. The second kappa shape index (κ2) is 3.34. The maximum absolute atomic E-state index is 10.3. The number of nitrogens with two attached hydrogens (primary N) is 1. The molecular formula is C9H11N3O2. The van der Waals surface area contributed by atoms with E-state index < -0.39 is 4.92 Å². The van der Waals surface area contributed by atoms with Gasteiger partial charge in [0, 0.05) is 17.7 Å². The summed E-state index contributed by atoms with van der Waals surface area (Å²) >= 11 is 0. The van der Waals surface area contributed by atoms with E-state index in [2.05, 4.69) is 4.98 Å². The first-order valence-corrected chi connectivity index (χ1v) is 4.54. The number of hydrogen-bond acceptors (Lipinski definition) is 4. The third-order valence-electron chi connectivity index (χ3n) is 2.47. The van der Waals surface area contributed by atoms with Gasteiger partial charge < -0.3 is 15.8 Å². The first-order chi connectivity index (χ1) is 6.68. The highest BCUT2D eigenvalue weighted by Gasteiger charge is 2.30. The fourth-order valence-corrected chi connectivity index (χ4v) is 1.43. The average molecular weight is 193 g/mol. The number of hydrogen-bond donors (Lipinski definition) is 1. The van der Waals surface area contributed by atoms with Gasteiger partial charge in [0.25, 0.3) is 0 Å². The first-order valence-electron chi connectivity index (χ1n) is 4.54. The Morgan fingerprint density at radius 3 is 2.71 bits per heavy atom. The van der Waals surface area contributed by atoms with E-state index in [0.29, 0.717) is 5.92 Å². The van der Waals surface area contributed by atoms with Crippen molar-refractivity contribution < 1.29 is 4.92 Å². The molecule has 5 nitrogen and oxygen atoms in total. The summed E-state index contributed by atoms with van der Waals surface area (Å²) in [4.78, 5) is 13.6. The van der Waals surface area contributed by atoms with Gasteiger partial charge in [0.1, 0.15) is 6.20 Å². The topological polar surface area (TPSA) is 82.0 Å². The minimum Gasteiger partial charge on any atom is -0.358 e. The van der Waals surface area contributed by atoms with E-state index in [1.54, 1.807) is 6.07 Å². The Kier molecular flexibility index (Phi) is 2.17. The molecule has 1 heterocycles. The molecule has 0 radical (unpaired) electrons. The molecule has 1 aromatic rings. The highest BCUT2D eigenvalue weighted by atomic mass is 16.6. The highest BCUT2D eigenvalue weighted by Crippen LogP contribution is 2.39. The largest absolute Gasteiger partial charge is 0.363 e. The van der Waals surface area contributed by atoms with Gasteiger partial charge in [0.2, 0.25) is 0 Å². The van der Waals surface area contributed by atoms with Crippen LogP contribution in [0.5, 0.6) is 0 Å². The van der Waals surface area contributed by atoms with Crippen LogP contribution >= 0.6 is 0 Å². The molecule has 0 saturated heterocycles. The summed E-state index contributed by atoms with van der Waals surface area (Å²) in [5, 5.41) is 10.3. The van der Waals surface area contributed by atoms with Gasteiger partial charge in [-0.25, -0.2) is 0 Å². The number of rotatable bonds is 3. The van der Waals surface area contributed by atoms with Crippen molar-refractivity contribution in [1.82, 2.24) is 4.98 Å². The molecule has 0 spiro atoms. The Labute approximate surface area is 81.1 Å². The van der Waals surface area contributed by atoms with E-state index >= 15 is 0 Å². The molecule has 1 aliphatic carbocycles. The van der Waals surface area contributed by atoms with Crippen LogP contribution in [-0.4, -0.2) is 9.91 Å². The monoisotopic (exact) mass is 193 g/mol. The Morgan fingerprint density at radius 2 is 2.29 bits per heavy atom. The zero-order valence-corrected chi connectivity index (χ0v) is 7.59. The van der Waals surface area contributed by atoms with Crippen molar-refractivity contribution in [1.29, 1.82) is 0 Å². The van der Waals surface area contributed by atoms with Gasteiger partial charge in [-0.2, -0.15) is 0 Å². The van der Waals surface area contributed by atoms with Crippen molar-refractivity contribution in [3.05, 3.63) is 34.0 Å². The quantitative estimate of drug-likeness (QED) is 0.581. The van der Waals surface area contributed by atoms with Crippen LogP contribution in [0.15, 0.2) is 18.3 Å². The van der Waals surface area contributed by atoms with Gasteiger partial charge >= 0.3 is 5.82 Å². The Hall–Kier alpha value is -1.49. The van der Waals surface area contributed by atoms with Crippen molar-refractivity contribution >= 4 is 5.82 Å². The zero-order chi connectivity index (χ0) is 10.1. The fraction of sp³-hybridized carbons (Fsp3) is 0.444. The van der Waals surface area contributed by atoms with Crippen LogP contribution in [-0.2, 0) is 0 Å². The molecular weight excluding hydrogens is 182 g/mol. The lowest BCUT2D eigenvalue weighted by atomic mass is 10.1. The van der Waals surface area contributed by atoms with Crippen molar-refractivity contribution in [2.45, 2.75) is 18.9 Å². The molecule has 5 heteroatoms. The summed E-state index contributed by atoms with van der Waals surface area (Å²) < 4.78 is 0. The number of pyridine rings is 1. The second-order valence-corrected chi connectivity index (χ2v) is 3.57. The maximum atomic E-state index is 10.3. The normalized spacial score (nSPS) is 17.8. The molecule has 2 rings (SSSR count). The Morgan fingerprint density at radius 1 is 1.57 bits per heavy atom. The number of nitro groups is 1. The van der Waals surface area contributed by atoms with E-state index in [1.165, 1.54) is 12.3 Å². The van der Waals surface area contributed by atoms with Gasteiger partial charge in [0.05, 0.1) is 0 Å². The van der Waals surface area contributed by atoms with E-state index in [-0.39, 0.29) is 11.9 Å². The molecule has 0 unspecified atom stereocenters. The summed E-state index contributed by atoms with van der Waals surface area (Å²) in [7, 11) is 0. The molecule has 1 saturated carbocycles. The third kappa shape index (κ3) is 1.72. The van der Waals surface area contributed by atoms with Crippen molar-refractivity contribution in [2.75, 3.05) is 0 Å². The average Bonchev–Trinajstić information content (AvgIpc) is 3.00. The predicted octanol–water partition coefficient (Wildman–Crippen LogP) is 1.40. The Bertz CT molecular complexity index is 346. The smallest absolute Gasteiger partial charge is 0.358 e. The summed E-state index contributed by atoms with van der Waals surface area (Å²) in [5.41, 5.74) is 6.80. The molecule has 1 atom stereocenters. The van der Waals surface area contributed by atoms with Crippen molar-refractivity contribution in [3.63, 3.8) is 0 Å². The second-order valence-electron chi connectivity index (χ2n) is 3.57. The van der Waals surface area contributed by atoms with Crippen LogP contribution in [0, 0.1) is 16.0 Å². The van der Waals surface area contributed by atoms with Gasteiger partial charge in [-0.3, -0.25) is 0 Å². The lowest BCUT2D eigenvalue weighted by molar-refractivity contribution is -0.389. The molecule has 0 aromatic carbocycles. The molecule has 1 aliphatic rings. The lowest BCUT2D eigenvalue weighted by Gasteiger charge is -2.07. The molecule has 0 bridgehead atoms.